The monoisotopic (exact) mass is 433 g/mol. The zero-order valence-electron chi connectivity index (χ0n) is 11.0. The molecule has 0 heterocycles. The summed E-state index contributed by atoms with van der Waals surface area (Å²) in [5, 5.41) is 3.12. The first kappa shape index (κ1) is 16.3. The van der Waals surface area contributed by atoms with Gasteiger partial charge in [0.05, 0.1) is 22.0 Å². The highest BCUT2D eigenvalue weighted by Gasteiger charge is 2.13. The van der Waals surface area contributed by atoms with Crippen molar-refractivity contribution in [3.63, 3.8) is 0 Å². The molecule has 0 saturated carbocycles. The number of nitrogens with two attached hydrogens (primary N) is 1. The largest absolute Gasteiger partial charge is 0.397 e. The van der Waals surface area contributed by atoms with Crippen molar-refractivity contribution >= 4 is 58.9 Å². The predicted molar refractivity (Wildman–Crippen MR) is 92.2 cm³/mol. The summed E-state index contributed by atoms with van der Waals surface area (Å²) in [4.78, 5) is 0.148. The van der Waals surface area contributed by atoms with Gasteiger partial charge in [-0.25, -0.2) is 13.1 Å². The molecule has 0 atom stereocenters. The number of nitrogens with one attached hydrogen (secondary N) is 2. The molecular weight excluding hydrogens is 422 g/mol. The van der Waals surface area contributed by atoms with Crippen LogP contribution in [0.3, 0.4) is 0 Å². The van der Waals surface area contributed by atoms with Gasteiger partial charge < -0.3 is 11.1 Å². The lowest BCUT2D eigenvalue weighted by molar-refractivity contribution is 0.588. The molecule has 2 rings (SSSR count). The smallest absolute Gasteiger partial charge is 0.240 e. The minimum absolute atomic E-state index is 0.148. The Balaban J connectivity index is 2.42. The maximum absolute atomic E-state index is 11.8. The van der Waals surface area contributed by atoms with E-state index in [-0.39, 0.29) is 4.90 Å². The topological polar surface area (TPSA) is 84.2 Å². The van der Waals surface area contributed by atoms with E-state index in [4.69, 9.17) is 5.73 Å². The van der Waals surface area contributed by atoms with Crippen LogP contribution in [0.4, 0.5) is 17.1 Å². The fourth-order valence-corrected chi connectivity index (χ4v) is 3.57. The van der Waals surface area contributed by atoms with Crippen LogP contribution in [0.1, 0.15) is 0 Å². The Morgan fingerprint density at radius 2 is 1.76 bits per heavy atom. The van der Waals surface area contributed by atoms with E-state index in [1.54, 1.807) is 6.07 Å². The molecule has 0 bridgehead atoms. The summed E-state index contributed by atoms with van der Waals surface area (Å²) in [5.74, 6) is 0. The number of rotatable bonds is 4. The molecule has 0 fully saturated rings. The van der Waals surface area contributed by atoms with Gasteiger partial charge in [0.15, 0.2) is 0 Å². The van der Waals surface area contributed by atoms with Crippen LogP contribution in [0.5, 0.6) is 0 Å². The van der Waals surface area contributed by atoms with Gasteiger partial charge in [0.25, 0.3) is 0 Å². The van der Waals surface area contributed by atoms with E-state index < -0.39 is 10.0 Å². The van der Waals surface area contributed by atoms with Crippen LogP contribution in [0.25, 0.3) is 0 Å². The third-order valence-corrected chi connectivity index (χ3v) is 5.37. The van der Waals surface area contributed by atoms with E-state index in [1.807, 2.05) is 18.2 Å². The minimum Gasteiger partial charge on any atom is -0.397 e. The van der Waals surface area contributed by atoms with E-state index in [1.165, 1.54) is 19.2 Å². The average molecular weight is 435 g/mol. The first-order valence-electron chi connectivity index (χ1n) is 5.88. The van der Waals surface area contributed by atoms with Crippen molar-refractivity contribution in [1.82, 2.24) is 4.72 Å². The number of hydrogen-bond acceptors (Lipinski definition) is 4. The maximum atomic E-state index is 11.8. The van der Waals surface area contributed by atoms with Crippen LogP contribution >= 0.6 is 31.9 Å². The van der Waals surface area contributed by atoms with E-state index in [9.17, 15) is 8.42 Å². The molecule has 5 nitrogen and oxygen atoms in total. The van der Waals surface area contributed by atoms with Gasteiger partial charge in [-0.2, -0.15) is 0 Å². The molecule has 0 spiro atoms. The Bertz CT molecular complexity index is 779. The predicted octanol–water partition coefficient (Wildman–Crippen LogP) is 3.45. The van der Waals surface area contributed by atoms with E-state index in [0.717, 1.165) is 14.6 Å². The molecule has 0 aromatic heterocycles. The second-order valence-corrected chi connectivity index (χ2v) is 7.86. The molecular formula is C13H13Br2N3O2S. The van der Waals surface area contributed by atoms with Crippen LogP contribution in [-0.2, 0) is 10.0 Å². The Labute approximate surface area is 140 Å². The van der Waals surface area contributed by atoms with E-state index in [0.29, 0.717) is 11.4 Å². The van der Waals surface area contributed by atoms with Gasteiger partial charge in [0.1, 0.15) is 0 Å². The maximum Gasteiger partial charge on any atom is 0.240 e. The number of benzene rings is 2. The fourth-order valence-electron chi connectivity index (χ4n) is 1.66. The second kappa shape index (κ2) is 6.35. The lowest BCUT2D eigenvalue weighted by atomic mass is 10.2. The SMILES string of the molecule is CNS(=O)(=O)c1ccc(N)c(Nc2ccc(Br)cc2Br)c1. The highest BCUT2D eigenvalue weighted by Crippen LogP contribution is 2.32. The summed E-state index contributed by atoms with van der Waals surface area (Å²) >= 11 is 6.81. The normalized spacial score (nSPS) is 11.4. The molecule has 0 unspecified atom stereocenters. The van der Waals surface area contributed by atoms with Crippen molar-refractivity contribution in [2.75, 3.05) is 18.1 Å². The molecule has 8 heteroatoms. The van der Waals surface area contributed by atoms with Crippen molar-refractivity contribution in [1.29, 1.82) is 0 Å². The molecule has 0 aliphatic rings. The minimum atomic E-state index is -3.51. The second-order valence-electron chi connectivity index (χ2n) is 4.21. The van der Waals surface area contributed by atoms with Crippen molar-refractivity contribution in [2.45, 2.75) is 4.90 Å². The zero-order valence-corrected chi connectivity index (χ0v) is 15.0. The van der Waals surface area contributed by atoms with Gasteiger partial charge >= 0.3 is 0 Å². The summed E-state index contributed by atoms with van der Waals surface area (Å²) in [5.41, 5.74) is 7.66. The zero-order chi connectivity index (χ0) is 15.6. The number of hydrogen-bond donors (Lipinski definition) is 3. The summed E-state index contributed by atoms with van der Waals surface area (Å²) in [6, 6.07) is 10.1. The van der Waals surface area contributed by atoms with E-state index in [2.05, 4.69) is 41.9 Å². The van der Waals surface area contributed by atoms with Crippen LogP contribution in [0.2, 0.25) is 0 Å². The molecule has 2 aromatic rings. The average Bonchev–Trinajstić information content (AvgIpc) is 2.43. The van der Waals surface area contributed by atoms with Gasteiger partial charge in [0.2, 0.25) is 10.0 Å². The molecule has 0 radical (unpaired) electrons. The highest BCUT2D eigenvalue weighted by atomic mass is 79.9. The molecule has 0 amide bonds. The first-order valence-corrected chi connectivity index (χ1v) is 8.95. The number of nitrogen functional groups attached to an aromatic ring is 1. The first-order chi connectivity index (χ1) is 9.83. The van der Waals surface area contributed by atoms with Crippen LogP contribution < -0.4 is 15.8 Å². The molecule has 4 N–H and O–H groups in total. The molecule has 0 saturated heterocycles. The van der Waals surface area contributed by atoms with Crippen molar-refractivity contribution in [3.05, 3.63) is 45.3 Å². The Morgan fingerprint density at radius 3 is 2.38 bits per heavy atom. The van der Waals surface area contributed by atoms with Gasteiger partial charge in [-0.3, -0.25) is 0 Å². The van der Waals surface area contributed by atoms with Gasteiger partial charge in [0, 0.05) is 8.95 Å². The van der Waals surface area contributed by atoms with Crippen LogP contribution in [0, 0.1) is 0 Å². The summed E-state index contributed by atoms with van der Waals surface area (Å²) < 4.78 is 27.7. The molecule has 0 aliphatic carbocycles. The number of sulfonamides is 1. The quantitative estimate of drug-likeness (QED) is 0.643. The van der Waals surface area contributed by atoms with Crippen molar-refractivity contribution in [3.8, 4) is 0 Å². The van der Waals surface area contributed by atoms with Crippen LogP contribution in [0.15, 0.2) is 50.2 Å². The molecule has 0 aliphatic heterocycles. The van der Waals surface area contributed by atoms with Crippen LogP contribution in [-0.4, -0.2) is 15.5 Å². The summed E-state index contributed by atoms with van der Waals surface area (Å²) in [6.07, 6.45) is 0. The standard InChI is InChI=1S/C13H13Br2N3O2S/c1-17-21(19,20)9-3-4-11(16)13(7-9)18-12-5-2-8(14)6-10(12)15/h2-7,17-18H,16H2,1H3. The number of halogens is 2. The summed E-state index contributed by atoms with van der Waals surface area (Å²) in [7, 11) is -2.15. The molecule has 112 valence electrons. The molecule has 2 aromatic carbocycles. The van der Waals surface area contributed by atoms with Crippen molar-refractivity contribution < 1.29 is 8.42 Å². The van der Waals surface area contributed by atoms with Gasteiger partial charge in [-0.15, -0.1) is 0 Å². The number of anilines is 3. The Morgan fingerprint density at radius 1 is 1.05 bits per heavy atom. The highest BCUT2D eigenvalue weighted by molar-refractivity contribution is 9.11. The third-order valence-electron chi connectivity index (χ3n) is 2.80. The third kappa shape index (κ3) is 3.76. The summed E-state index contributed by atoms with van der Waals surface area (Å²) in [6.45, 7) is 0. The Kier molecular flexibility index (Phi) is 4.92. The van der Waals surface area contributed by atoms with Crippen molar-refractivity contribution in [2.24, 2.45) is 0 Å². The Hall–Kier alpha value is -1.09. The fraction of sp³-hybridized carbons (Fsp3) is 0.0769. The van der Waals surface area contributed by atoms with E-state index >= 15 is 0 Å². The van der Waals surface area contributed by atoms with Gasteiger partial charge in [-0.05, 0) is 59.4 Å². The molecule has 21 heavy (non-hydrogen) atoms. The van der Waals surface area contributed by atoms with Gasteiger partial charge in [-0.1, -0.05) is 15.9 Å². The lowest BCUT2D eigenvalue weighted by Gasteiger charge is -2.13. The lowest BCUT2D eigenvalue weighted by Crippen LogP contribution is -2.18.